The maximum Gasteiger partial charge on any atom is 0.331 e. The van der Waals surface area contributed by atoms with Crippen molar-refractivity contribution in [2.24, 2.45) is 0 Å². The van der Waals surface area contributed by atoms with Crippen LogP contribution in [0.4, 0.5) is 5.69 Å². The first-order chi connectivity index (χ1) is 14.0. The van der Waals surface area contributed by atoms with Crippen LogP contribution < -0.4 is 5.35 Å². The van der Waals surface area contributed by atoms with Crippen LogP contribution in [0, 0.1) is 13.5 Å². The minimum absolute atomic E-state index is 0.240. The van der Waals surface area contributed by atoms with Gasteiger partial charge >= 0.3 is 5.97 Å². The predicted molar refractivity (Wildman–Crippen MR) is 116 cm³/mol. The molecule has 0 saturated carbocycles. The first-order valence-electron chi connectivity index (χ1n) is 10.9. The number of fused-ring (bicyclic) bond motifs is 1. The van der Waals surface area contributed by atoms with Gasteiger partial charge in [0.2, 0.25) is 5.69 Å². The quantitative estimate of drug-likeness (QED) is 0.266. The number of carbonyl (C=O) groups excluding carboxylic acids is 1. The minimum Gasteiger partial charge on any atom is -0.463 e. The van der Waals surface area contributed by atoms with E-state index < -0.39 is 5.97 Å². The number of rotatable bonds is 12. The molecule has 2 heterocycles. The molecular formula is C23H34N4O2. The summed E-state index contributed by atoms with van der Waals surface area (Å²) in [7, 11) is 0. The van der Waals surface area contributed by atoms with Crippen molar-refractivity contribution in [1.29, 1.82) is 0 Å². The summed E-state index contributed by atoms with van der Waals surface area (Å²) in [6.07, 6.45) is 12.3. The van der Waals surface area contributed by atoms with Gasteiger partial charge in [-0.3, -0.25) is 4.40 Å². The molecular weight excluding hydrogens is 364 g/mol. The molecule has 0 bridgehead atoms. The van der Waals surface area contributed by atoms with E-state index in [9.17, 15) is 4.79 Å². The van der Waals surface area contributed by atoms with Gasteiger partial charge in [-0.25, -0.2) is 9.64 Å². The van der Waals surface area contributed by atoms with E-state index in [1.54, 1.807) is 4.40 Å². The molecule has 0 N–H and O–H groups in total. The van der Waals surface area contributed by atoms with Crippen molar-refractivity contribution in [3.63, 3.8) is 0 Å². The molecule has 0 aromatic carbocycles. The number of hydrogen-bond acceptors (Lipinski definition) is 4. The van der Waals surface area contributed by atoms with Crippen molar-refractivity contribution in [3.05, 3.63) is 28.2 Å². The van der Waals surface area contributed by atoms with Gasteiger partial charge in [0.15, 0.2) is 5.65 Å². The number of ether oxygens (including phenoxy) is 1. The highest BCUT2D eigenvalue weighted by molar-refractivity contribution is 6.03. The highest BCUT2D eigenvalue weighted by Gasteiger charge is 2.25. The molecule has 2 rings (SSSR count). The third kappa shape index (κ3) is 5.79. The van der Waals surface area contributed by atoms with Gasteiger partial charge in [0, 0.05) is 0 Å². The van der Waals surface area contributed by atoms with E-state index in [1.807, 2.05) is 20.8 Å². The summed E-state index contributed by atoms with van der Waals surface area (Å²) in [4.78, 5) is 16.3. The molecule has 158 valence electrons. The maximum atomic E-state index is 12.7. The Bertz CT molecular complexity index is 904. The van der Waals surface area contributed by atoms with Crippen LogP contribution in [0.1, 0.15) is 101 Å². The molecule has 0 spiro atoms. The Morgan fingerprint density at radius 2 is 1.59 bits per heavy atom. The zero-order valence-electron chi connectivity index (χ0n) is 18.4. The molecule has 0 atom stereocenters. The lowest BCUT2D eigenvalue weighted by atomic mass is 10.1. The third-order valence-electron chi connectivity index (χ3n) is 5.25. The lowest BCUT2D eigenvalue weighted by Crippen LogP contribution is -2.12. The van der Waals surface area contributed by atoms with Gasteiger partial charge in [-0.05, 0) is 27.2 Å². The lowest BCUT2D eigenvalue weighted by molar-refractivity contribution is 0.0501. The number of esters is 1. The first kappa shape index (κ1) is 22.9. The lowest BCUT2D eigenvalue weighted by Gasteiger charge is -2.05. The Hall–Kier alpha value is -2.42. The minimum atomic E-state index is -0.475. The molecule has 0 radical (unpaired) electrons. The van der Waals surface area contributed by atoms with Gasteiger partial charge in [0.25, 0.3) is 0 Å². The van der Waals surface area contributed by atoms with Crippen LogP contribution in [0.5, 0.6) is 0 Å². The second-order valence-electron chi connectivity index (χ2n) is 7.91. The number of hydrogen-bond donors (Lipinski definition) is 0. The Morgan fingerprint density at radius 3 is 2.14 bits per heavy atom. The molecule has 2 aromatic heterocycles. The Balaban J connectivity index is 1.84. The zero-order valence-corrected chi connectivity index (χ0v) is 18.4. The van der Waals surface area contributed by atoms with Crippen LogP contribution in [-0.4, -0.2) is 27.2 Å². The number of aryl methyl sites for hydroxylation is 1. The van der Waals surface area contributed by atoms with Gasteiger partial charge in [0.05, 0.1) is 18.5 Å². The van der Waals surface area contributed by atoms with Gasteiger partial charge < -0.3 is 4.74 Å². The molecule has 2 aromatic rings. The Kier molecular flexibility index (Phi) is 9.11. The molecule has 0 unspecified atom stereocenters. The summed E-state index contributed by atoms with van der Waals surface area (Å²) in [6, 6.07) is 0. The highest BCUT2D eigenvalue weighted by atomic mass is 16.5. The van der Waals surface area contributed by atoms with E-state index in [0.29, 0.717) is 29.1 Å². The molecule has 0 aliphatic carbocycles. The zero-order chi connectivity index (χ0) is 21.2. The van der Waals surface area contributed by atoms with Gasteiger partial charge in [0.1, 0.15) is 11.4 Å². The number of aromatic nitrogens is 3. The topological polar surface area (TPSA) is 60.8 Å². The molecule has 6 heteroatoms. The normalized spacial score (nSPS) is 11.0. The SMILES string of the molecule is [C-]#[N+]c1c(C(=O)OCCCCCCCCCCCC)c2nnc(C)n2c1=C(C)C. The van der Waals surface area contributed by atoms with Crippen LogP contribution in [0.15, 0.2) is 0 Å². The van der Waals surface area contributed by atoms with Crippen molar-refractivity contribution < 1.29 is 9.53 Å². The fraction of sp³-hybridized carbons (Fsp3) is 0.652. The number of unbranched alkanes of at least 4 members (excludes halogenated alkanes) is 9. The third-order valence-corrected chi connectivity index (χ3v) is 5.25. The van der Waals surface area contributed by atoms with E-state index >= 15 is 0 Å². The van der Waals surface area contributed by atoms with Gasteiger partial charge in [-0.2, -0.15) is 0 Å². The largest absolute Gasteiger partial charge is 0.463 e. The van der Waals surface area contributed by atoms with Gasteiger partial charge in [-0.15, -0.1) is 10.2 Å². The Morgan fingerprint density at radius 1 is 1.00 bits per heavy atom. The fourth-order valence-corrected chi connectivity index (χ4v) is 3.71. The standard InChI is InChI=1S/C23H34N4O2/c1-6-7-8-9-10-11-12-13-14-15-16-29-23(28)19-20(24-5)21(17(2)3)27-18(4)25-26-22(19)27/h6-16H2,1-4H3. The average molecular weight is 399 g/mol. The second-order valence-corrected chi connectivity index (χ2v) is 7.91. The van der Waals surface area contributed by atoms with Crippen LogP contribution in [0.25, 0.3) is 16.1 Å². The first-order valence-corrected chi connectivity index (χ1v) is 10.9. The predicted octanol–water partition coefficient (Wildman–Crippen LogP) is 5.58. The monoisotopic (exact) mass is 398 g/mol. The summed E-state index contributed by atoms with van der Waals surface area (Å²) in [5.41, 5.74) is 1.91. The number of carbonyl (C=O) groups is 1. The summed E-state index contributed by atoms with van der Waals surface area (Å²) >= 11 is 0. The van der Waals surface area contributed by atoms with Crippen LogP contribution in [0.2, 0.25) is 0 Å². The molecule has 6 nitrogen and oxygen atoms in total. The maximum absolute atomic E-state index is 12.7. The number of nitrogens with zero attached hydrogens (tertiary/aromatic N) is 4. The Labute approximate surface area is 174 Å². The van der Waals surface area contributed by atoms with Crippen LogP contribution >= 0.6 is 0 Å². The van der Waals surface area contributed by atoms with E-state index in [1.165, 1.54) is 51.4 Å². The molecule has 29 heavy (non-hydrogen) atoms. The van der Waals surface area contributed by atoms with E-state index in [4.69, 9.17) is 11.3 Å². The summed E-state index contributed by atoms with van der Waals surface area (Å²) in [5, 5.41) is 8.88. The fourth-order valence-electron chi connectivity index (χ4n) is 3.71. The van der Waals surface area contributed by atoms with Crippen molar-refractivity contribution in [2.75, 3.05) is 6.61 Å². The van der Waals surface area contributed by atoms with E-state index in [2.05, 4.69) is 22.0 Å². The van der Waals surface area contributed by atoms with E-state index in [-0.39, 0.29) is 5.56 Å². The van der Waals surface area contributed by atoms with Crippen molar-refractivity contribution in [2.45, 2.75) is 91.9 Å². The van der Waals surface area contributed by atoms with Crippen molar-refractivity contribution in [1.82, 2.24) is 14.6 Å². The molecule has 0 amide bonds. The summed E-state index contributed by atoms with van der Waals surface area (Å²) in [5.74, 6) is 0.187. The smallest absolute Gasteiger partial charge is 0.331 e. The highest BCUT2D eigenvalue weighted by Crippen LogP contribution is 2.23. The van der Waals surface area contributed by atoms with Crippen LogP contribution in [-0.2, 0) is 4.74 Å². The second kappa shape index (κ2) is 11.5. The molecule has 0 saturated heterocycles. The molecule has 0 aliphatic rings. The van der Waals surface area contributed by atoms with Crippen molar-refractivity contribution in [3.8, 4) is 0 Å². The molecule has 0 fully saturated rings. The van der Waals surface area contributed by atoms with Gasteiger partial charge in [-0.1, -0.05) is 70.3 Å². The van der Waals surface area contributed by atoms with Crippen LogP contribution in [0.3, 0.4) is 0 Å². The van der Waals surface area contributed by atoms with E-state index in [0.717, 1.165) is 18.4 Å². The summed E-state index contributed by atoms with van der Waals surface area (Å²) < 4.78 is 7.26. The average Bonchev–Trinajstić information content (AvgIpc) is 3.23. The van der Waals surface area contributed by atoms with Crippen molar-refractivity contribution >= 4 is 22.9 Å². The summed E-state index contributed by atoms with van der Waals surface area (Å²) in [6.45, 7) is 15.8. The molecule has 0 aliphatic heterocycles.